The quantitative estimate of drug-likeness (QED) is 0.869. The summed E-state index contributed by atoms with van der Waals surface area (Å²) in [5.41, 5.74) is 0.559. The van der Waals surface area contributed by atoms with Gasteiger partial charge in [0.25, 0.3) is 0 Å². The summed E-state index contributed by atoms with van der Waals surface area (Å²) in [4.78, 5) is 12.5. The van der Waals surface area contributed by atoms with E-state index in [4.69, 9.17) is 0 Å². The van der Waals surface area contributed by atoms with Crippen molar-refractivity contribution < 1.29 is 9.18 Å². The number of halogens is 1. The summed E-state index contributed by atoms with van der Waals surface area (Å²) in [6.07, 6.45) is 3.19. The van der Waals surface area contributed by atoms with Gasteiger partial charge in [-0.2, -0.15) is 0 Å². The van der Waals surface area contributed by atoms with E-state index < -0.39 is 0 Å². The molecule has 1 aromatic rings. The Morgan fingerprint density at radius 2 is 2.33 bits per heavy atom. The summed E-state index contributed by atoms with van der Waals surface area (Å²) < 4.78 is 13.1. The third-order valence-electron chi connectivity index (χ3n) is 3.82. The second-order valence-corrected chi connectivity index (χ2v) is 5.19. The number of benzene rings is 1. The fourth-order valence-corrected chi connectivity index (χ4v) is 2.83. The first-order chi connectivity index (χ1) is 8.66. The zero-order valence-electron chi connectivity index (χ0n) is 10.8. The van der Waals surface area contributed by atoms with Crippen LogP contribution >= 0.6 is 0 Å². The van der Waals surface area contributed by atoms with Crippen molar-refractivity contribution in [2.75, 3.05) is 13.1 Å². The van der Waals surface area contributed by atoms with Gasteiger partial charge in [-0.3, -0.25) is 4.79 Å². The highest BCUT2D eigenvalue weighted by Gasteiger charge is 2.39. The van der Waals surface area contributed by atoms with Gasteiger partial charge in [0, 0.05) is 18.4 Å². The fourth-order valence-electron chi connectivity index (χ4n) is 2.83. The lowest BCUT2D eigenvalue weighted by Gasteiger charge is -2.26. The van der Waals surface area contributed by atoms with Crippen molar-refractivity contribution in [3.05, 3.63) is 35.6 Å². The summed E-state index contributed by atoms with van der Waals surface area (Å²) in [5.74, 6) is -0.0191. The highest BCUT2D eigenvalue weighted by Crippen LogP contribution is 2.33. The normalized spacial score (nSPS) is 23.2. The number of ketones is 1. The van der Waals surface area contributed by atoms with Gasteiger partial charge in [0.2, 0.25) is 0 Å². The summed E-state index contributed by atoms with van der Waals surface area (Å²) in [5, 5.41) is 3.28. The van der Waals surface area contributed by atoms with E-state index in [0.29, 0.717) is 6.42 Å². The lowest BCUT2D eigenvalue weighted by Crippen LogP contribution is -2.34. The van der Waals surface area contributed by atoms with Crippen LogP contribution < -0.4 is 5.32 Å². The minimum atomic E-state index is -0.269. The molecule has 0 radical (unpaired) electrons. The maximum Gasteiger partial charge on any atom is 0.144 e. The van der Waals surface area contributed by atoms with Crippen molar-refractivity contribution in [1.29, 1.82) is 0 Å². The van der Waals surface area contributed by atoms with Crippen molar-refractivity contribution in [2.45, 2.75) is 32.6 Å². The van der Waals surface area contributed by atoms with Gasteiger partial charge in [-0.25, -0.2) is 4.39 Å². The van der Waals surface area contributed by atoms with Crippen LogP contribution in [0.4, 0.5) is 4.39 Å². The highest BCUT2D eigenvalue weighted by atomic mass is 19.1. The molecular weight excluding hydrogens is 229 g/mol. The summed E-state index contributed by atoms with van der Waals surface area (Å²) in [6, 6.07) is 6.35. The molecule has 1 N–H and O–H groups in total. The predicted molar refractivity (Wildman–Crippen MR) is 69.9 cm³/mol. The molecule has 0 aliphatic carbocycles. The van der Waals surface area contributed by atoms with E-state index in [1.54, 1.807) is 6.07 Å². The molecule has 0 amide bonds. The zero-order chi connectivity index (χ0) is 13.0. The van der Waals surface area contributed by atoms with Gasteiger partial charge in [0.1, 0.15) is 11.6 Å². The third-order valence-corrected chi connectivity index (χ3v) is 3.82. The Labute approximate surface area is 108 Å². The molecule has 1 fully saturated rings. The van der Waals surface area contributed by atoms with Crippen molar-refractivity contribution in [3.63, 3.8) is 0 Å². The first kappa shape index (κ1) is 13.2. The van der Waals surface area contributed by atoms with E-state index in [1.807, 2.05) is 6.07 Å². The van der Waals surface area contributed by atoms with Gasteiger partial charge < -0.3 is 5.32 Å². The molecule has 1 atom stereocenters. The largest absolute Gasteiger partial charge is 0.316 e. The van der Waals surface area contributed by atoms with Gasteiger partial charge in [-0.15, -0.1) is 0 Å². The van der Waals surface area contributed by atoms with Gasteiger partial charge >= 0.3 is 0 Å². The minimum absolute atomic E-state index is 0.221. The number of nitrogens with one attached hydrogen (secondary N) is 1. The molecule has 2 rings (SSSR count). The van der Waals surface area contributed by atoms with Crippen molar-refractivity contribution in [2.24, 2.45) is 5.41 Å². The predicted octanol–water partition coefficient (Wildman–Crippen LogP) is 2.72. The molecule has 0 aromatic heterocycles. The first-order valence-electron chi connectivity index (χ1n) is 6.65. The van der Waals surface area contributed by atoms with Crippen LogP contribution in [0, 0.1) is 11.2 Å². The molecule has 18 heavy (non-hydrogen) atoms. The number of carbonyl (C=O) groups excluding carboxylic acids is 1. The Hall–Kier alpha value is -1.22. The molecular formula is C15H20FNO. The molecule has 0 bridgehead atoms. The number of rotatable bonds is 5. The Morgan fingerprint density at radius 1 is 1.50 bits per heavy atom. The Kier molecular flexibility index (Phi) is 4.12. The molecule has 1 aromatic carbocycles. The van der Waals surface area contributed by atoms with Crippen molar-refractivity contribution in [3.8, 4) is 0 Å². The van der Waals surface area contributed by atoms with E-state index >= 15 is 0 Å². The van der Waals surface area contributed by atoms with Crippen LogP contribution in [0.15, 0.2) is 24.3 Å². The van der Waals surface area contributed by atoms with Crippen LogP contribution in [0.25, 0.3) is 0 Å². The van der Waals surface area contributed by atoms with E-state index in [0.717, 1.165) is 37.9 Å². The SMILES string of the molecule is CCCC1(C(=O)Cc2cccc(F)c2)CCNC1. The van der Waals surface area contributed by atoms with Crippen molar-refractivity contribution in [1.82, 2.24) is 5.32 Å². The molecule has 98 valence electrons. The molecule has 1 aliphatic rings. The van der Waals surface area contributed by atoms with Gasteiger partial charge in [-0.1, -0.05) is 25.5 Å². The lowest BCUT2D eigenvalue weighted by molar-refractivity contribution is -0.127. The van der Waals surface area contributed by atoms with Crippen LogP contribution in [0.1, 0.15) is 31.7 Å². The monoisotopic (exact) mass is 249 g/mol. The molecule has 2 nitrogen and oxygen atoms in total. The second-order valence-electron chi connectivity index (χ2n) is 5.19. The molecule has 1 heterocycles. The first-order valence-corrected chi connectivity index (χ1v) is 6.65. The maximum atomic E-state index is 13.1. The lowest BCUT2D eigenvalue weighted by atomic mass is 9.76. The summed E-state index contributed by atoms with van der Waals surface area (Å²) in [7, 11) is 0. The Balaban J connectivity index is 2.10. The molecule has 0 saturated carbocycles. The van der Waals surface area contributed by atoms with Gasteiger partial charge in [0.05, 0.1) is 0 Å². The van der Waals surface area contributed by atoms with Crippen LogP contribution in [0.5, 0.6) is 0 Å². The average molecular weight is 249 g/mol. The standard InChI is InChI=1S/C15H20FNO/c1-2-6-15(7-8-17-11-15)14(18)10-12-4-3-5-13(16)9-12/h3-5,9,17H,2,6-8,10-11H2,1H3. The second kappa shape index (κ2) is 5.61. The number of Topliss-reactive ketones (excluding diaryl/α,β-unsaturated/α-hetero) is 1. The summed E-state index contributed by atoms with van der Waals surface area (Å²) in [6.45, 7) is 3.79. The van der Waals surface area contributed by atoms with Crippen LogP contribution in [-0.2, 0) is 11.2 Å². The van der Waals surface area contributed by atoms with Crippen molar-refractivity contribution >= 4 is 5.78 Å². The summed E-state index contributed by atoms with van der Waals surface area (Å²) >= 11 is 0. The van der Waals surface area contributed by atoms with Gasteiger partial charge in [-0.05, 0) is 37.1 Å². The molecule has 1 unspecified atom stereocenters. The Bertz CT molecular complexity index is 424. The zero-order valence-corrected chi connectivity index (χ0v) is 10.8. The molecule has 0 spiro atoms. The number of carbonyl (C=O) groups is 1. The fraction of sp³-hybridized carbons (Fsp3) is 0.533. The highest BCUT2D eigenvalue weighted by molar-refractivity contribution is 5.87. The smallest absolute Gasteiger partial charge is 0.144 e. The average Bonchev–Trinajstić information content (AvgIpc) is 2.79. The molecule has 1 aliphatic heterocycles. The van der Waals surface area contributed by atoms with Crippen LogP contribution in [0.2, 0.25) is 0 Å². The molecule has 3 heteroatoms. The topological polar surface area (TPSA) is 29.1 Å². The number of hydrogen-bond donors (Lipinski definition) is 1. The van der Waals surface area contributed by atoms with E-state index in [1.165, 1.54) is 12.1 Å². The third kappa shape index (κ3) is 2.78. The molecule has 1 saturated heterocycles. The van der Waals surface area contributed by atoms with Crippen LogP contribution in [-0.4, -0.2) is 18.9 Å². The van der Waals surface area contributed by atoms with Gasteiger partial charge in [0.15, 0.2) is 0 Å². The van der Waals surface area contributed by atoms with Crippen LogP contribution in [0.3, 0.4) is 0 Å². The van der Waals surface area contributed by atoms with E-state index in [2.05, 4.69) is 12.2 Å². The van der Waals surface area contributed by atoms with E-state index in [9.17, 15) is 9.18 Å². The maximum absolute atomic E-state index is 13.1. The Morgan fingerprint density at radius 3 is 2.94 bits per heavy atom. The van der Waals surface area contributed by atoms with E-state index in [-0.39, 0.29) is 17.0 Å². The number of hydrogen-bond acceptors (Lipinski definition) is 2. The minimum Gasteiger partial charge on any atom is -0.316 e.